The van der Waals surface area contributed by atoms with Crippen molar-refractivity contribution in [2.75, 3.05) is 28.2 Å². The van der Waals surface area contributed by atoms with Crippen molar-refractivity contribution < 1.29 is 19.5 Å². The molecule has 0 aromatic carbocycles. The van der Waals surface area contributed by atoms with Gasteiger partial charge in [-0.1, -0.05) is 24.4 Å². The number of thiol groups is 2. The van der Waals surface area contributed by atoms with Crippen molar-refractivity contribution in [2.24, 2.45) is 0 Å². The van der Waals surface area contributed by atoms with Gasteiger partial charge in [-0.25, -0.2) is 0 Å². The van der Waals surface area contributed by atoms with E-state index in [4.69, 9.17) is 0 Å². The minimum atomic E-state index is 0. The molecular formula is C6H15N2NaS4Zn. The average Bonchev–Trinajstić information content (AvgIpc) is 1.88. The third-order valence-electron chi connectivity index (χ3n) is 0.765. The van der Waals surface area contributed by atoms with Gasteiger partial charge in [0.2, 0.25) is 0 Å². The Bertz CT molecular complexity index is 148. The van der Waals surface area contributed by atoms with Gasteiger partial charge in [0.25, 0.3) is 0 Å². The number of nitrogens with zero attached hydrogens (tertiary/aromatic N) is 2. The zero-order valence-electron chi connectivity index (χ0n) is 8.31. The molecule has 0 N–H and O–H groups in total. The molecule has 0 saturated carbocycles. The maximum atomic E-state index is 4.61. The van der Waals surface area contributed by atoms with E-state index in [1.165, 1.54) is 0 Å². The van der Waals surface area contributed by atoms with E-state index in [9.17, 15) is 0 Å². The topological polar surface area (TPSA) is 6.48 Å². The van der Waals surface area contributed by atoms with Crippen LogP contribution in [0, 0.1) is 0 Å². The average molecular weight is 332 g/mol. The van der Waals surface area contributed by atoms with E-state index in [-0.39, 0.29) is 49.0 Å². The molecule has 0 bridgehead atoms. The molecule has 0 rings (SSSR count). The molecule has 8 heteroatoms. The second-order valence-electron chi connectivity index (χ2n) is 2.35. The minimum Gasteiger partial charge on any atom is 0 e. The fourth-order valence-corrected chi connectivity index (χ4v) is 0. The summed E-state index contributed by atoms with van der Waals surface area (Å²) >= 11 is 16.9. The molecule has 0 amide bonds. The van der Waals surface area contributed by atoms with Crippen LogP contribution in [0.1, 0.15) is 0 Å². The largest absolute Gasteiger partial charge is 0 e. The normalized spacial score (nSPS) is 6.71. The van der Waals surface area contributed by atoms with Crippen molar-refractivity contribution in [1.29, 1.82) is 0 Å². The number of rotatable bonds is 0. The number of hydrogen-bond donors (Lipinski definition) is 2. The van der Waals surface area contributed by atoms with Crippen molar-refractivity contribution in [3.63, 3.8) is 0 Å². The quantitative estimate of drug-likeness (QED) is 0.386. The Morgan fingerprint density at radius 2 is 0.929 bits per heavy atom. The van der Waals surface area contributed by atoms with E-state index in [2.05, 4.69) is 49.7 Å². The van der Waals surface area contributed by atoms with E-state index >= 15 is 0 Å². The molecule has 0 aliphatic rings. The van der Waals surface area contributed by atoms with Gasteiger partial charge in [-0.15, -0.1) is 25.3 Å². The fraction of sp³-hybridized carbons (Fsp3) is 0.667. The molecule has 2 nitrogen and oxygen atoms in total. The van der Waals surface area contributed by atoms with Crippen LogP contribution < -0.4 is 0 Å². The SMILES string of the molecule is CN(C)C(=S)S.CN(C)C(=S)S.[NaH].[Zn]. The van der Waals surface area contributed by atoms with Crippen molar-refractivity contribution in [1.82, 2.24) is 9.80 Å². The summed E-state index contributed by atoms with van der Waals surface area (Å²) in [5, 5.41) is 0. The summed E-state index contributed by atoms with van der Waals surface area (Å²) in [6, 6.07) is 0. The minimum absolute atomic E-state index is 0. The third-order valence-corrected chi connectivity index (χ3v) is 2.30. The Labute approximate surface area is 143 Å². The van der Waals surface area contributed by atoms with E-state index in [1.807, 2.05) is 28.2 Å². The fourth-order valence-electron chi connectivity index (χ4n) is 0. The predicted molar refractivity (Wildman–Crippen MR) is 77.7 cm³/mol. The zero-order chi connectivity index (χ0) is 10.3. The number of hydrogen-bond acceptors (Lipinski definition) is 2. The maximum Gasteiger partial charge on any atom is 0 e. The Kier molecular flexibility index (Phi) is 27.1. The first kappa shape index (κ1) is 25.1. The second kappa shape index (κ2) is 15.1. The molecule has 0 fully saturated rings. The van der Waals surface area contributed by atoms with Crippen LogP contribution in [0.3, 0.4) is 0 Å². The molecule has 0 heterocycles. The van der Waals surface area contributed by atoms with Gasteiger partial charge in [0.1, 0.15) is 8.64 Å². The Morgan fingerprint density at radius 3 is 0.929 bits per heavy atom. The molecule has 76 valence electrons. The molecule has 0 aliphatic carbocycles. The van der Waals surface area contributed by atoms with Crippen molar-refractivity contribution in [3.8, 4) is 0 Å². The van der Waals surface area contributed by atoms with Gasteiger partial charge in [0.15, 0.2) is 0 Å². The van der Waals surface area contributed by atoms with Crippen LogP contribution in [0.4, 0.5) is 0 Å². The van der Waals surface area contributed by atoms with E-state index in [0.717, 1.165) is 0 Å². The molecule has 0 radical (unpaired) electrons. The monoisotopic (exact) mass is 330 g/mol. The summed E-state index contributed by atoms with van der Waals surface area (Å²) in [4.78, 5) is 3.52. The molecule has 14 heavy (non-hydrogen) atoms. The van der Waals surface area contributed by atoms with Crippen LogP contribution in [-0.4, -0.2) is 76.2 Å². The van der Waals surface area contributed by atoms with Gasteiger partial charge in [-0.2, -0.15) is 0 Å². The Balaban J connectivity index is -0.0000000625. The van der Waals surface area contributed by atoms with Gasteiger partial charge >= 0.3 is 29.6 Å². The van der Waals surface area contributed by atoms with Crippen molar-refractivity contribution in [3.05, 3.63) is 0 Å². The maximum absolute atomic E-state index is 4.61. The van der Waals surface area contributed by atoms with E-state index < -0.39 is 0 Å². The first-order valence-electron chi connectivity index (χ1n) is 3.09. The summed E-state index contributed by atoms with van der Waals surface area (Å²) in [6.45, 7) is 0. The van der Waals surface area contributed by atoms with Crippen LogP contribution in [0.2, 0.25) is 0 Å². The molecule has 0 aromatic rings. The Hall–Kier alpha value is 2.10. The van der Waals surface area contributed by atoms with Gasteiger partial charge in [0.05, 0.1) is 0 Å². The zero-order valence-corrected chi connectivity index (χ0v) is 14.7. The van der Waals surface area contributed by atoms with Gasteiger partial charge < -0.3 is 9.80 Å². The van der Waals surface area contributed by atoms with Crippen molar-refractivity contribution in [2.45, 2.75) is 0 Å². The summed E-state index contributed by atoms with van der Waals surface area (Å²) in [7, 11) is 7.43. The summed E-state index contributed by atoms with van der Waals surface area (Å²) < 4.78 is 1.24. The smallest absolute Gasteiger partial charge is 0 e. The van der Waals surface area contributed by atoms with Gasteiger partial charge in [0, 0.05) is 47.7 Å². The molecule has 0 atom stereocenters. The van der Waals surface area contributed by atoms with Crippen LogP contribution in [0.5, 0.6) is 0 Å². The number of thiocarbonyl (C=S) groups is 2. The van der Waals surface area contributed by atoms with Crippen LogP contribution in [-0.2, 0) is 19.5 Å². The second-order valence-corrected chi connectivity index (χ2v) is 4.58. The molecule has 0 aliphatic heterocycles. The van der Waals surface area contributed by atoms with Gasteiger partial charge in [-0.05, 0) is 0 Å². The van der Waals surface area contributed by atoms with Crippen LogP contribution >= 0.6 is 49.7 Å². The van der Waals surface area contributed by atoms with Gasteiger partial charge in [-0.3, -0.25) is 0 Å². The molecule has 0 aromatic heterocycles. The van der Waals surface area contributed by atoms with Crippen molar-refractivity contribution >= 4 is 87.9 Å². The predicted octanol–water partition coefficient (Wildman–Crippen LogP) is 0.874. The third kappa shape index (κ3) is 23.7. The Morgan fingerprint density at radius 1 is 0.857 bits per heavy atom. The van der Waals surface area contributed by atoms with E-state index in [1.54, 1.807) is 9.80 Å². The van der Waals surface area contributed by atoms with Crippen LogP contribution in [0.15, 0.2) is 0 Å². The standard InChI is InChI=1S/2C3H7NS2.Na.Zn.H/c2*1-4(2)3(5)6;;;/h2*1-2H3,(H,5,6);;;. The first-order chi connectivity index (χ1) is 5.29. The molecule has 0 saturated heterocycles. The molecular weight excluding hydrogens is 317 g/mol. The van der Waals surface area contributed by atoms with Crippen LogP contribution in [0.25, 0.3) is 0 Å². The summed E-state index contributed by atoms with van der Waals surface area (Å²) in [5.74, 6) is 0. The molecule has 0 spiro atoms. The molecule has 0 unspecified atom stereocenters. The summed E-state index contributed by atoms with van der Waals surface area (Å²) in [5.41, 5.74) is 0. The first-order valence-corrected chi connectivity index (χ1v) is 4.80. The van der Waals surface area contributed by atoms with E-state index in [0.29, 0.717) is 8.64 Å². The summed E-state index contributed by atoms with van der Waals surface area (Å²) in [6.07, 6.45) is 0.